The maximum atomic E-state index is 2.21. The van der Waals surface area contributed by atoms with Crippen molar-refractivity contribution in [3.05, 3.63) is 29.6 Å². The first-order valence-electron chi connectivity index (χ1n) is 3.42. The van der Waals surface area contributed by atoms with Gasteiger partial charge in [-0.1, -0.05) is 24.3 Å². The molecule has 0 aliphatic carbocycles. The minimum atomic E-state index is 1.36. The predicted molar refractivity (Wildman–Crippen MR) is 53.6 cm³/mol. The van der Waals surface area contributed by atoms with Gasteiger partial charge in [0.15, 0.2) is 0 Å². The van der Waals surface area contributed by atoms with Crippen molar-refractivity contribution in [1.29, 1.82) is 0 Å². The first-order valence-corrected chi connectivity index (χ1v) is 5.52. The summed E-state index contributed by atoms with van der Waals surface area (Å²) >= 11 is 3.65. The van der Waals surface area contributed by atoms with Crippen molar-refractivity contribution in [1.82, 2.24) is 0 Å². The third-order valence-electron chi connectivity index (χ3n) is 1.66. The number of hydrogen-bond donors (Lipinski definition) is 0. The van der Waals surface area contributed by atoms with Crippen LogP contribution in [0.4, 0.5) is 0 Å². The maximum Gasteiger partial charge on any atom is 0.0674 e. The Labute approximate surface area is 74.2 Å². The molecule has 1 aromatic heterocycles. The molecular formula is C9H8S2. The van der Waals surface area contributed by atoms with E-state index in [1.807, 2.05) is 23.1 Å². The van der Waals surface area contributed by atoms with Crippen LogP contribution in [-0.2, 0) is 0 Å². The van der Waals surface area contributed by atoms with E-state index in [1.54, 1.807) is 0 Å². The lowest BCUT2D eigenvalue weighted by atomic mass is 10.2. The fraction of sp³-hybridized carbons (Fsp3) is 0.111. The average Bonchev–Trinajstić information content (AvgIpc) is 2.47. The van der Waals surface area contributed by atoms with Crippen LogP contribution >= 0.6 is 23.1 Å². The molecule has 0 unspecified atom stereocenters. The summed E-state index contributed by atoms with van der Waals surface area (Å²) in [7, 11) is 0. The Kier molecular flexibility index (Phi) is 1.88. The summed E-state index contributed by atoms with van der Waals surface area (Å²) < 4.78 is 1.42. The standard InChI is InChI=1S/C9H8S2/c1-10-9-8-5-3-2-4-7(8)6-11-9/h2-6H,1H3. The Balaban J connectivity index is 2.76. The van der Waals surface area contributed by atoms with Gasteiger partial charge in [0.2, 0.25) is 0 Å². The molecule has 0 saturated heterocycles. The highest BCUT2D eigenvalue weighted by Gasteiger charge is 1.99. The van der Waals surface area contributed by atoms with Gasteiger partial charge in [-0.25, -0.2) is 0 Å². The van der Waals surface area contributed by atoms with Crippen molar-refractivity contribution in [2.75, 3.05) is 6.26 Å². The number of hydrogen-bond acceptors (Lipinski definition) is 2. The van der Waals surface area contributed by atoms with Crippen LogP contribution in [0.2, 0.25) is 0 Å². The minimum absolute atomic E-state index is 1.36. The van der Waals surface area contributed by atoms with Crippen LogP contribution in [0, 0.1) is 0 Å². The highest BCUT2D eigenvalue weighted by Crippen LogP contribution is 2.32. The van der Waals surface area contributed by atoms with Gasteiger partial charge >= 0.3 is 0 Å². The zero-order valence-electron chi connectivity index (χ0n) is 6.20. The Morgan fingerprint density at radius 1 is 1.27 bits per heavy atom. The summed E-state index contributed by atoms with van der Waals surface area (Å²) in [5.74, 6) is 0. The molecule has 0 amide bonds. The molecule has 1 aromatic carbocycles. The van der Waals surface area contributed by atoms with E-state index in [-0.39, 0.29) is 0 Å². The number of fused-ring (bicyclic) bond motifs is 1. The fourth-order valence-electron chi connectivity index (χ4n) is 1.12. The van der Waals surface area contributed by atoms with E-state index in [0.29, 0.717) is 0 Å². The van der Waals surface area contributed by atoms with Crippen LogP contribution in [0.1, 0.15) is 0 Å². The summed E-state index contributed by atoms with van der Waals surface area (Å²) in [5.41, 5.74) is 0. The van der Waals surface area contributed by atoms with Crippen molar-refractivity contribution in [2.24, 2.45) is 0 Å². The molecule has 11 heavy (non-hydrogen) atoms. The van der Waals surface area contributed by atoms with E-state index >= 15 is 0 Å². The van der Waals surface area contributed by atoms with E-state index in [0.717, 1.165) is 0 Å². The molecule has 0 fully saturated rings. The summed E-state index contributed by atoms with van der Waals surface area (Å²) in [6.45, 7) is 0. The van der Waals surface area contributed by atoms with Crippen molar-refractivity contribution in [2.45, 2.75) is 4.21 Å². The van der Waals surface area contributed by atoms with Crippen LogP contribution in [-0.4, -0.2) is 6.26 Å². The van der Waals surface area contributed by atoms with Crippen molar-refractivity contribution in [3.8, 4) is 0 Å². The molecule has 0 atom stereocenters. The highest BCUT2D eigenvalue weighted by molar-refractivity contribution is 8.00. The Hall–Kier alpha value is -0.470. The molecule has 2 aromatic rings. The van der Waals surface area contributed by atoms with E-state index in [2.05, 4.69) is 35.9 Å². The first kappa shape index (κ1) is 7.19. The second-order valence-electron chi connectivity index (χ2n) is 2.31. The predicted octanol–water partition coefficient (Wildman–Crippen LogP) is 3.62. The first-order chi connectivity index (χ1) is 5.42. The van der Waals surface area contributed by atoms with Gasteiger partial charge in [-0.2, -0.15) is 0 Å². The third kappa shape index (κ3) is 1.17. The third-order valence-corrected chi connectivity index (χ3v) is 3.84. The molecule has 56 valence electrons. The van der Waals surface area contributed by atoms with Crippen LogP contribution in [0.3, 0.4) is 0 Å². The van der Waals surface area contributed by atoms with E-state index in [4.69, 9.17) is 0 Å². The maximum absolute atomic E-state index is 2.21. The Bertz CT molecular complexity index is 362. The Morgan fingerprint density at radius 3 is 2.91 bits per heavy atom. The van der Waals surface area contributed by atoms with Crippen molar-refractivity contribution < 1.29 is 0 Å². The van der Waals surface area contributed by atoms with E-state index in [1.165, 1.54) is 15.0 Å². The second-order valence-corrected chi connectivity index (χ2v) is 4.27. The summed E-state index contributed by atoms with van der Waals surface area (Å²) in [4.78, 5) is 0. The van der Waals surface area contributed by atoms with Crippen LogP contribution in [0.15, 0.2) is 33.9 Å². The molecule has 0 nitrogen and oxygen atoms in total. The molecule has 0 spiro atoms. The summed E-state index contributed by atoms with van der Waals surface area (Å²) in [6, 6.07) is 8.51. The van der Waals surface area contributed by atoms with Crippen LogP contribution in [0.5, 0.6) is 0 Å². The molecule has 2 heteroatoms. The van der Waals surface area contributed by atoms with Gasteiger partial charge < -0.3 is 0 Å². The van der Waals surface area contributed by atoms with E-state index in [9.17, 15) is 0 Å². The van der Waals surface area contributed by atoms with Crippen LogP contribution < -0.4 is 0 Å². The van der Waals surface area contributed by atoms with Gasteiger partial charge in [-0.15, -0.1) is 23.1 Å². The topological polar surface area (TPSA) is 0 Å². The number of thiophene rings is 1. The van der Waals surface area contributed by atoms with E-state index < -0.39 is 0 Å². The van der Waals surface area contributed by atoms with Gasteiger partial charge in [0.25, 0.3) is 0 Å². The van der Waals surface area contributed by atoms with Gasteiger partial charge in [0.1, 0.15) is 0 Å². The Morgan fingerprint density at radius 2 is 2.09 bits per heavy atom. The molecule has 0 saturated carbocycles. The highest BCUT2D eigenvalue weighted by atomic mass is 32.2. The molecule has 0 N–H and O–H groups in total. The second kappa shape index (κ2) is 2.88. The number of benzene rings is 1. The van der Waals surface area contributed by atoms with Crippen molar-refractivity contribution >= 4 is 33.9 Å². The fourth-order valence-corrected chi connectivity index (χ4v) is 2.81. The zero-order chi connectivity index (χ0) is 7.68. The van der Waals surface area contributed by atoms with Crippen LogP contribution in [0.25, 0.3) is 10.8 Å². The quantitative estimate of drug-likeness (QED) is 0.604. The lowest BCUT2D eigenvalue weighted by molar-refractivity contribution is 1.77. The summed E-state index contributed by atoms with van der Waals surface area (Å²) in [6.07, 6.45) is 2.12. The molecule has 2 rings (SSSR count). The SMILES string of the molecule is CSc1scc2ccccc12. The smallest absolute Gasteiger partial charge is 0.0674 e. The molecule has 0 aliphatic heterocycles. The lowest BCUT2D eigenvalue weighted by Crippen LogP contribution is -1.63. The molecular weight excluding hydrogens is 172 g/mol. The summed E-state index contributed by atoms with van der Waals surface area (Å²) in [5, 5.41) is 4.97. The molecule has 1 heterocycles. The van der Waals surface area contributed by atoms with Gasteiger partial charge in [-0.3, -0.25) is 0 Å². The molecule has 0 radical (unpaired) electrons. The van der Waals surface area contributed by atoms with Gasteiger partial charge in [0, 0.05) is 5.39 Å². The van der Waals surface area contributed by atoms with Gasteiger partial charge in [-0.05, 0) is 17.0 Å². The monoisotopic (exact) mass is 180 g/mol. The molecule has 0 bridgehead atoms. The number of rotatable bonds is 1. The normalized spacial score (nSPS) is 10.6. The zero-order valence-corrected chi connectivity index (χ0v) is 7.84. The van der Waals surface area contributed by atoms with Crippen molar-refractivity contribution in [3.63, 3.8) is 0 Å². The van der Waals surface area contributed by atoms with Gasteiger partial charge in [0.05, 0.1) is 4.21 Å². The average molecular weight is 180 g/mol. The minimum Gasteiger partial charge on any atom is -0.136 e. The largest absolute Gasteiger partial charge is 0.136 e. The molecule has 0 aliphatic rings. The lowest BCUT2D eigenvalue weighted by Gasteiger charge is -1.90. The number of thioether (sulfide) groups is 1.